The van der Waals surface area contributed by atoms with E-state index in [0.717, 1.165) is 4.88 Å². The third kappa shape index (κ3) is 2.56. The van der Waals surface area contributed by atoms with Gasteiger partial charge in [0.25, 0.3) is 0 Å². The van der Waals surface area contributed by atoms with E-state index in [1.54, 1.807) is 7.05 Å². The molecule has 1 aromatic heterocycles. The summed E-state index contributed by atoms with van der Waals surface area (Å²) in [6.45, 7) is 1.42. The fourth-order valence-electron chi connectivity index (χ4n) is 1.21. The van der Waals surface area contributed by atoms with Crippen LogP contribution in [0.1, 0.15) is 17.8 Å². The molecule has 1 rings (SSSR count). The number of amides is 1. The lowest BCUT2D eigenvalue weighted by Gasteiger charge is -2.23. The molecule has 1 aromatic rings. The normalized spacial score (nSPS) is 11.9. The van der Waals surface area contributed by atoms with E-state index in [-0.39, 0.29) is 5.91 Å². The van der Waals surface area contributed by atoms with Crippen LogP contribution in [0.2, 0.25) is 0 Å². The van der Waals surface area contributed by atoms with Crippen molar-refractivity contribution in [2.75, 3.05) is 14.2 Å². The number of carbonyl (C=O) groups excluding carboxylic acids is 2. The lowest BCUT2D eigenvalue weighted by Crippen LogP contribution is -2.34. The molecule has 1 heterocycles. The lowest BCUT2D eigenvalue weighted by atomic mass is 10.2. The molecule has 0 N–H and O–H groups in total. The van der Waals surface area contributed by atoms with E-state index in [1.807, 2.05) is 17.5 Å². The number of rotatable bonds is 3. The van der Waals surface area contributed by atoms with Crippen LogP contribution in [0.25, 0.3) is 0 Å². The molecule has 82 valence electrons. The van der Waals surface area contributed by atoms with Gasteiger partial charge in [-0.1, -0.05) is 6.07 Å². The van der Waals surface area contributed by atoms with Crippen LogP contribution < -0.4 is 0 Å². The molecule has 1 amide bonds. The van der Waals surface area contributed by atoms with E-state index >= 15 is 0 Å². The van der Waals surface area contributed by atoms with Gasteiger partial charge in [-0.05, 0) is 11.4 Å². The maximum atomic E-state index is 11.5. The number of esters is 1. The van der Waals surface area contributed by atoms with Gasteiger partial charge in [-0.2, -0.15) is 0 Å². The third-order valence-electron chi connectivity index (χ3n) is 2.12. The molecule has 0 aliphatic heterocycles. The van der Waals surface area contributed by atoms with Gasteiger partial charge in [0.05, 0.1) is 7.11 Å². The van der Waals surface area contributed by atoms with Crippen molar-refractivity contribution in [3.05, 3.63) is 22.4 Å². The Morgan fingerprint density at radius 1 is 1.53 bits per heavy atom. The first-order valence-corrected chi connectivity index (χ1v) is 5.30. The van der Waals surface area contributed by atoms with Crippen molar-refractivity contribution in [3.63, 3.8) is 0 Å². The first kappa shape index (κ1) is 11.7. The summed E-state index contributed by atoms with van der Waals surface area (Å²) in [6, 6.07) is 3.02. The van der Waals surface area contributed by atoms with E-state index in [0.29, 0.717) is 0 Å². The summed E-state index contributed by atoms with van der Waals surface area (Å²) in [5, 5.41) is 1.86. The second-order valence-corrected chi connectivity index (χ2v) is 4.05. The number of carbonyl (C=O) groups is 2. The van der Waals surface area contributed by atoms with Crippen LogP contribution in [0.15, 0.2) is 17.5 Å². The highest BCUT2D eigenvalue weighted by atomic mass is 32.1. The fraction of sp³-hybridized carbons (Fsp3) is 0.400. The molecule has 0 radical (unpaired) electrons. The zero-order valence-electron chi connectivity index (χ0n) is 8.89. The number of ether oxygens (including phenoxy) is 1. The summed E-state index contributed by atoms with van der Waals surface area (Å²) >= 11 is 1.43. The van der Waals surface area contributed by atoms with Crippen molar-refractivity contribution in [3.8, 4) is 0 Å². The SMILES string of the molecule is COC(=O)C(c1cccs1)N(C)C(C)=O. The van der Waals surface area contributed by atoms with Crippen molar-refractivity contribution in [2.45, 2.75) is 13.0 Å². The highest BCUT2D eigenvalue weighted by Crippen LogP contribution is 2.25. The summed E-state index contributed by atoms with van der Waals surface area (Å²) in [4.78, 5) is 24.9. The average molecular weight is 227 g/mol. The minimum atomic E-state index is -0.632. The average Bonchev–Trinajstić information content (AvgIpc) is 2.70. The maximum Gasteiger partial charge on any atom is 0.334 e. The molecular weight excluding hydrogens is 214 g/mol. The fourth-order valence-corrected chi connectivity index (χ4v) is 2.06. The highest BCUT2D eigenvalue weighted by molar-refractivity contribution is 7.10. The molecule has 0 saturated heterocycles. The van der Waals surface area contributed by atoms with Crippen LogP contribution in [0.5, 0.6) is 0 Å². The molecule has 5 heteroatoms. The number of nitrogens with zero attached hydrogens (tertiary/aromatic N) is 1. The van der Waals surface area contributed by atoms with E-state index in [4.69, 9.17) is 0 Å². The largest absolute Gasteiger partial charge is 0.467 e. The van der Waals surface area contributed by atoms with E-state index in [9.17, 15) is 9.59 Å². The molecule has 0 aliphatic carbocycles. The van der Waals surface area contributed by atoms with Crippen LogP contribution in [0, 0.1) is 0 Å². The molecule has 0 bridgehead atoms. The number of hydrogen-bond acceptors (Lipinski definition) is 4. The Labute approximate surface area is 92.5 Å². The number of thiophene rings is 1. The van der Waals surface area contributed by atoms with Crippen molar-refractivity contribution in [2.24, 2.45) is 0 Å². The van der Waals surface area contributed by atoms with Gasteiger partial charge in [-0.3, -0.25) is 4.79 Å². The standard InChI is InChI=1S/C10H13NO3S/c1-7(12)11(2)9(10(13)14-3)8-5-4-6-15-8/h4-6,9H,1-3H3. The van der Waals surface area contributed by atoms with Crippen molar-refractivity contribution in [1.82, 2.24) is 4.90 Å². The summed E-state index contributed by atoms with van der Waals surface area (Å²) in [7, 11) is 2.90. The van der Waals surface area contributed by atoms with Crippen LogP contribution in [0.4, 0.5) is 0 Å². The highest BCUT2D eigenvalue weighted by Gasteiger charge is 2.28. The summed E-state index contributed by atoms with van der Waals surface area (Å²) in [6.07, 6.45) is 0. The Bertz CT molecular complexity index is 348. The van der Waals surface area contributed by atoms with Crippen LogP contribution in [-0.2, 0) is 14.3 Å². The Hall–Kier alpha value is -1.36. The topological polar surface area (TPSA) is 46.6 Å². The molecule has 0 aliphatic rings. The Morgan fingerprint density at radius 3 is 2.60 bits per heavy atom. The number of hydrogen-bond donors (Lipinski definition) is 0. The third-order valence-corrected chi connectivity index (χ3v) is 3.05. The number of methoxy groups -OCH3 is 1. The molecule has 0 saturated carbocycles. The van der Waals surface area contributed by atoms with Crippen LogP contribution in [0.3, 0.4) is 0 Å². The van der Waals surface area contributed by atoms with Gasteiger partial charge < -0.3 is 9.64 Å². The van der Waals surface area contributed by atoms with Crippen molar-refractivity contribution >= 4 is 23.2 Å². The Kier molecular flexibility index (Phi) is 3.85. The second-order valence-electron chi connectivity index (χ2n) is 3.07. The van der Waals surface area contributed by atoms with Gasteiger partial charge in [-0.15, -0.1) is 11.3 Å². The first-order chi connectivity index (χ1) is 7.07. The first-order valence-electron chi connectivity index (χ1n) is 4.42. The molecule has 1 atom stereocenters. The van der Waals surface area contributed by atoms with Gasteiger partial charge >= 0.3 is 5.97 Å². The van der Waals surface area contributed by atoms with Crippen LogP contribution >= 0.6 is 11.3 Å². The predicted octanol–water partition coefficient (Wildman–Crippen LogP) is 1.44. The van der Waals surface area contributed by atoms with Gasteiger partial charge in [0, 0.05) is 18.8 Å². The van der Waals surface area contributed by atoms with E-state index < -0.39 is 12.0 Å². The zero-order chi connectivity index (χ0) is 11.4. The summed E-state index contributed by atoms with van der Waals surface area (Å²) in [5.74, 6) is -0.589. The lowest BCUT2D eigenvalue weighted by molar-refractivity contribution is -0.151. The Morgan fingerprint density at radius 2 is 2.20 bits per heavy atom. The van der Waals surface area contributed by atoms with Crippen LogP contribution in [-0.4, -0.2) is 30.9 Å². The molecule has 4 nitrogen and oxygen atoms in total. The number of likely N-dealkylation sites (N-methyl/N-ethyl adjacent to an activating group) is 1. The molecule has 0 fully saturated rings. The summed E-state index contributed by atoms with van der Waals surface area (Å²) < 4.78 is 4.68. The maximum absolute atomic E-state index is 11.5. The summed E-state index contributed by atoms with van der Waals surface area (Å²) in [5.41, 5.74) is 0. The smallest absolute Gasteiger partial charge is 0.334 e. The Balaban J connectivity index is 2.98. The van der Waals surface area contributed by atoms with E-state index in [1.165, 1.54) is 30.3 Å². The zero-order valence-corrected chi connectivity index (χ0v) is 9.71. The van der Waals surface area contributed by atoms with Crippen molar-refractivity contribution < 1.29 is 14.3 Å². The second kappa shape index (κ2) is 4.93. The van der Waals surface area contributed by atoms with E-state index in [2.05, 4.69) is 4.74 Å². The molecule has 0 spiro atoms. The van der Waals surface area contributed by atoms with Gasteiger partial charge in [0.15, 0.2) is 6.04 Å². The van der Waals surface area contributed by atoms with Gasteiger partial charge in [0.1, 0.15) is 0 Å². The minimum Gasteiger partial charge on any atom is -0.467 e. The predicted molar refractivity (Wildman–Crippen MR) is 57.5 cm³/mol. The molecular formula is C10H13NO3S. The van der Waals surface area contributed by atoms with Gasteiger partial charge in [-0.25, -0.2) is 4.79 Å². The van der Waals surface area contributed by atoms with Gasteiger partial charge in [0.2, 0.25) is 5.91 Å². The monoisotopic (exact) mass is 227 g/mol. The molecule has 15 heavy (non-hydrogen) atoms. The minimum absolute atomic E-state index is 0.168. The van der Waals surface area contributed by atoms with Crippen molar-refractivity contribution in [1.29, 1.82) is 0 Å². The quantitative estimate of drug-likeness (QED) is 0.734. The molecule has 1 unspecified atom stereocenters. The molecule has 0 aromatic carbocycles.